The van der Waals surface area contributed by atoms with Gasteiger partial charge in [-0.05, 0) is 133 Å². The summed E-state index contributed by atoms with van der Waals surface area (Å²) in [7, 11) is -17.9. The summed E-state index contributed by atoms with van der Waals surface area (Å²) < 4.78 is 396. The third kappa shape index (κ3) is 16.1. The minimum atomic E-state index is -6.17. The van der Waals surface area contributed by atoms with E-state index in [2.05, 4.69) is 14.2 Å². The molecule has 24 heteroatoms. The summed E-state index contributed by atoms with van der Waals surface area (Å²) in [6, 6.07) is -16.2. The van der Waals surface area contributed by atoms with Crippen molar-refractivity contribution in [2.24, 2.45) is 0 Å². The van der Waals surface area contributed by atoms with Gasteiger partial charge in [-0.1, -0.05) is 53.0 Å². The van der Waals surface area contributed by atoms with Gasteiger partial charge in [0, 0.05) is 21.9 Å². The van der Waals surface area contributed by atoms with Crippen LogP contribution in [-0.2, 0) is 58.7 Å². The molecule has 0 spiro atoms. The highest BCUT2D eigenvalue weighted by Gasteiger charge is 2.38. The Hall–Kier alpha value is -4.80. The molecule has 0 unspecified atom stereocenters. The van der Waals surface area contributed by atoms with Crippen molar-refractivity contribution < 1.29 is 112 Å². The van der Waals surface area contributed by atoms with Crippen LogP contribution in [0.1, 0.15) is 119 Å². The van der Waals surface area contributed by atoms with Crippen LogP contribution in [0.25, 0.3) is 0 Å². The summed E-state index contributed by atoms with van der Waals surface area (Å²) in [6.45, 7) is 2.46. The molecule has 3 atom stereocenters. The first-order chi connectivity index (χ1) is 45.6. The summed E-state index contributed by atoms with van der Waals surface area (Å²) in [5.41, 5.74) is -8.58. The Morgan fingerprint density at radius 2 is 0.942 bits per heavy atom. The van der Waals surface area contributed by atoms with Gasteiger partial charge in [-0.3, -0.25) is 14.1 Å². The van der Waals surface area contributed by atoms with E-state index in [1.165, 1.54) is 20.8 Å². The number of hydrogen-bond acceptors (Lipinski definition) is 12. The Morgan fingerprint density at radius 1 is 0.594 bits per heavy atom. The summed E-state index contributed by atoms with van der Waals surface area (Å²) >= 11 is 17.2. The zero-order valence-corrected chi connectivity index (χ0v) is 39.4. The molecule has 3 aromatic rings. The smallest absolute Gasteiger partial charge is 0.335 e. The van der Waals surface area contributed by atoms with Crippen molar-refractivity contribution in [3.8, 4) is 0 Å². The van der Waals surface area contributed by atoms with E-state index in [-0.39, 0.29) is 6.61 Å². The molecule has 6 rings (SSSR count). The molecule has 378 valence electrons. The maximum atomic E-state index is 13.9. The third-order valence-electron chi connectivity index (χ3n) is 7.22. The van der Waals surface area contributed by atoms with E-state index in [1.807, 2.05) is 0 Å². The Bertz CT molecular complexity index is 4380. The Morgan fingerprint density at radius 3 is 1.36 bits per heavy atom. The van der Waals surface area contributed by atoms with E-state index in [0.29, 0.717) is 0 Å². The molecule has 0 saturated heterocycles. The molecular weight excluding hydrogens is 1030 g/mol. The highest BCUT2D eigenvalue weighted by molar-refractivity contribution is 7.94. The van der Waals surface area contributed by atoms with Crippen LogP contribution in [0.5, 0.6) is 0 Å². The molecule has 0 aliphatic heterocycles. The molecule has 3 aliphatic rings. The number of ether oxygens (including phenoxy) is 3. The van der Waals surface area contributed by atoms with E-state index in [9.17, 15) is 52.8 Å². The number of anilines is 3. The number of sulfonamides is 3. The van der Waals surface area contributed by atoms with Crippen molar-refractivity contribution in [1.82, 2.24) is 0 Å². The van der Waals surface area contributed by atoms with Crippen molar-refractivity contribution in [2.75, 3.05) is 34.0 Å². The number of nitrogens with one attached hydrogen (secondary N) is 3. The molecule has 15 nitrogen and oxygen atoms in total. The van der Waals surface area contributed by atoms with E-state index in [0.717, 1.165) is 0 Å². The zero-order chi connectivity index (χ0) is 80.3. The first kappa shape index (κ1) is 25.5. The number of carbonyl (C=O) groups excluding carboxylic acids is 3. The largest absolute Gasteiger partial charge is 0.463 e. The average Bonchev–Trinajstić information content (AvgIpc) is 0.676. The maximum absolute atomic E-state index is 13.9. The minimum absolute atomic E-state index is 0.378. The Labute approximate surface area is 461 Å². The van der Waals surface area contributed by atoms with Gasteiger partial charge in [-0.2, -0.15) is 0 Å². The fraction of sp³-hybridized carbons (Fsp3) is 0.400. The van der Waals surface area contributed by atoms with E-state index >= 15 is 0 Å². The van der Waals surface area contributed by atoms with Gasteiger partial charge >= 0.3 is 17.9 Å². The number of benzene rings is 3. The monoisotopic (exact) mass is 1120 g/mol. The number of allylic oxidation sites excluding steroid dienone is 3. The molecule has 0 aromatic heterocycles. The second-order valence-corrected chi connectivity index (χ2v) is 17.7. The standard InChI is InChI=1S/3C15H17ClFNO4S/c3*1-2-22-15(19)11-5-3-4-6-14(11)23(20,21)18-13-8-7-10(17)9-12(13)16/h3*5,7-9,14,18H,2-4,6H2,1H3/t3*14-/m111/s1/i3D2,4D2,5D,6D2,7D,8D,9D,14D;4D2,5D,6D2,7D,8D,9D,14D;3D2,4D2,5D,6D2,7D,8D,9D/hD3. The minimum Gasteiger partial charge on any atom is -0.463 e. The molecule has 3 N–H and O–H groups in total. The average molecular weight is 1120 g/mol. The number of rotatable bonds is 15. The van der Waals surface area contributed by atoms with Gasteiger partial charge in [0.2, 0.25) is 30.1 Å². The quantitative estimate of drug-likeness (QED) is 0.0957. The van der Waals surface area contributed by atoms with E-state index in [1.54, 1.807) is 0 Å². The highest BCUT2D eigenvalue weighted by atomic mass is 35.5. The Balaban J connectivity index is 0.000000324. The zero-order valence-electron chi connectivity index (χ0n) is 67.6. The van der Waals surface area contributed by atoms with Crippen LogP contribution in [0, 0.1) is 17.5 Å². The predicted octanol–water partition coefficient (Wildman–Crippen LogP) is 9.79. The molecule has 0 heterocycles. The van der Waals surface area contributed by atoms with Crippen molar-refractivity contribution in [3.05, 3.63) is 122 Å². The van der Waals surface area contributed by atoms with Crippen LogP contribution in [0.15, 0.2) is 89.3 Å². The first-order valence-electron chi connectivity index (χ1n) is 34.6. The molecule has 0 fully saturated rings. The van der Waals surface area contributed by atoms with Gasteiger partial charge in [-0.15, -0.1) is 0 Å². The second-order valence-electron chi connectivity index (χ2n) is 11.8. The second kappa shape index (κ2) is 25.9. The number of esters is 3. The maximum Gasteiger partial charge on any atom is 0.335 e. The molecule has 0 saturated carbocycles. The van der Waals surface area contributed by atoms with Crippen LogP contribution < -0.4 is 14.1 Å². The van der Waals surface area contributed by atoms with Crippen molar-refractivity contribution in [1.29, 1.82) is 0 Å². The molecule has 69 heavy (non-hydrogen) atoms. The lowest BCUT2D eigenvalue weighted by Gasteiger charge is -2.24. The SMILES string of the molecule is [2H]C1=C(C(=O)OCC)[C@H](S(=O)(=O)N([2H])c2c([2H])c([2H])c(F)c([2H])c2Cl)C([2H])([2H])C([2H])([2H])C1([2H])[2H].[2H]C1=C(C(=O)OCC)[C@]([2H])(S(=O)(=O)N([2H])c2c([2H])c([2H])c(F)c([2H])c2Cl)C([2H])([2H])C([2H])([2H])C1.[2H]C1=C(C(=O)OCC)[C@]([2H])(S(=O)(=O)N([2H])c2c([2H])c([2H])c(F)c([2H])c2Cl)C([2H])([2H])C([2H])([2H])C1([2H])[2H]. The van der Waals surface area contributed by atoms with Crippen LogP contribution in [-0.4, -0.2) is 78.7 Å². The molecule has 3 aromatic carbocycles. The molecule has 0 amide bonds. The van der Waals surface area contributed by atoms with Crippen LogP contribution in [0.2, 0.25) is 19.3 Å². The molecule has 0 radical (unpaired) electrons. The van der Waals surface area contributed by atoms with Crippen molar-refractivity contribution >= 4 is 99.8 Å². The topological polar surface area (TPSA) is 217 Å². The van der Waals surface area contributed by atoms with Crippen LogP contribution in [0.3, 0.4) is 0 Å². The van der Waals surface area contributed by atoms with Gasteiger partial charge in [0.15, 0.2) is 4.24 Å². The van der Waals surface area contributed by atoms with Gasteiger partial charge < -0.3 is 14.2 Å². The number of carbonyl (C=O) groups is 3. The van der Waals surface area contributed by atoms with Crippen molar-refractivity contribution in [2.45, 2.75) is 93.9 Å². The lowest BCUT2D eigenvalue weighted by molar-refractivity contribution is -0.139. The first-order valence-corrected chi connectivity index (χ1v) is 23.8. The van der Waals surface area contributed by atoms with Gasteiger partial charge in [0.25, 0.3) is 0 Å². The summed E-state index contributed by atoms with van der Waals surface area (Å²) in [5.74, 6) is -10.0. The van der Waals surface area contributed by atoms with E-state index in [4.69, 9.17) is 80.2 Å². The normalized spacial score (nSPS) is 33.5. The Kier molecular flexibility index (Phi) is 9.58. The fourth-order valence-corrected chi connectivity index (χ4v) is 8.45. The van der Waals surface area contributed by atoms with Crippen LogP contribution >= 0.6 is 34.8 Å². The van der Waals surface area contributed by atoms with E-state index < -0.39 is 287 Å². The lowest BCUT2D eigenvalue weighted by atomic mass is 9.99. The van der Waals surface area contributed by atoms with Gasteiger partial charge in [-0.25, -0.2) is 52.8 Å². The molecular formula is C45H51Cl3F3N3O12S3. The molecule has 0 bridgehead atoms. The lowest BCUT2D eigenvalue weighted by Crippen LogP contribution is -2.34. The fourth-order valence-electron chi connectivity index (χ4n) is 4.50. The summed E-state index contributed by atoms with van der Waals surface area (Å²) in [6.07, 6.45) is -31.0. The summed E-state index contributed by atoms with van der Waals surface area (Å²) in [5, 5.41) is -14.8. The van der Waals surface area contributed by atoms with Gasteiger partial charge in [0.05, 0.1) is 87.9 Å². The summed E-state index contributed by atoms with van der Waals surface area (Å²) in [4.78, 5) is 37.6. The highest BCUT2D eigenvalue weighted by Crippen LogP contribution is 2.33. The number of hydrogen-bond donors (Lipinski definition) is 3. The van der Waals surface area contributed by atoms with Crippen LogP contribution in [0.4, 0.5) is 30.2 Å². The number of halogens is 6. The third-order valence-corrected chi connectivity index (χ3v) is 11.9. The molecule has 3 aliphatic carbocycles. The van der Waals surface area contributed by atoms with Gasteiger partial charge in [0.1, 0.15) is 33.2 Å². The van der Waals surface area contributed by atoms with Crippen molar-refractivity contribution in [3.63, 3.8) is 0 Å². The predicted molar refractivity (Wildman–Crippen MR) is 259 cm³/mol.